The minimum Gasteiger partial charge on any atom is -0.490 e. The number of carbonyl (C=O) groups is 1. The average molecular weight is 261 g/mol. The molecule has 1 heterocycles. The van der Waals surface area contributed by atoms with Gasteiger partial charge in [0.1, 0.15) is 12.0 Å². The lowest BCUT2D eigenvalue weighted by molar-refractivity contribution is 0.112. The van der Waals surface area contributed by atoms with Gasteiger partial charge in [0.05, 0.1) is 18.8 Å². The first-order chi connectivity index (χ1) is 9.30. The molecule has 0 radical (unpaired) electrons. The summed E-state index contributed by atoms with van der Waals surface area (Å²) in [6, 6.07) is 5.41. The first-order valence-corrected chi connectivity index (χ1v) is 6.09. The minimum atomic E-state index is 0.409. The SMILES string of the molecule is CCOc1ccc(-c2nocc2C=O)cc1OCC. The molecule has 19 heavy (non-hydrogen) atoms. The van der Waals surface area contributed by atoms with Crippen molar-refractivity contribution in [1.29, 1.82) is 0 Å². The molecule has 0 aliphatic rings. The van der Waals surface area contributed by atoms with Crippen molar-refractivity contribution in [3.63, 3.8) is 0 Å². The molecule has 0 unspecified atom stereocenters. The number of hydrogen-bond acceptors (Lipinski definition) is 5. The Balaban J connectivity index is 2.42. The fraction of sp³-hybridized carbons (Fsp3) is 0.286. The Bertz CT molecular complexity index is 562. The van der Waals surface area contributed by atoms with Crippen molar-refractivity contribution in [3.05, 3.63) is 30.0 Å². The maximum atomic E-state index is 10.9. The van der Waals surface area contributed by atoms with Gasteiger partial charge in [0.2, 0.25) is 0 Å². The van der Waals surface area contributed by atoms with Crippen LogP contribution in [0.15, 0.2) is 29.0 Å². The Kier molecular flexibility index (Phi) is 4.18. The van der Waals surface area contributed by atoms with Crippen molar-refractivity contribution in [2.45, 2.75) is 13.8 Å². The van der Waals surface area contributed by atoms with E-state index in [0.717, 1.165) is 5.56 Å². The second kappa shape index (κ2) is 6.04. The third-order valence-electron chi connectivity index (χ3n) is 2.54. The summed E-state index contributed by atoms with van der Waals surface area (Å²) in [5, 5.41) is 3.83. The summed E-state index contributed by atoms with van der Waals surface area (Å²) >= 11 is 0. The number of benzene rings is 1. The zero-order valence-corrected chi connectivity index (χ0v) is 10.9. The maximum absolute atomic E-state index is 10.9. The largest absolute Gasteiger partial charge is 0.490 e. The highest BCUT2D eigenvalue weighted by Gasteiger charge is 2.13. The van der Waals surface area contributed by atoms with E-state index < -0.39 is 0 Å². The van der Waals surface area contributed by atoms with Crippen LogP contribution >= 0.6 is 0 Å². The van der Waals surface area contributed by atoms with Crippen molar-refractivity contribution in [2.24, 2.45) is 0 Å². The monoisotopic (exact) mass is 261 g/mol. The summed E-state index contributed by atoms with van der Waals surface area (Å²) < 4.78 is 15.8. The molecule has 0 fully saturated rings. The third-order valence-corrected chi connectivity index (χ3v) is 2.54. The molecule has 5 heteroatoms. The molecule has 100 valence electrons. The van der Waals surface area contributed by atoms with Crippen LogP contribution in [-0.2, 0) is 0 Å². The molecule has 0 aliphatic heterocycles. The van der Waals surface area contributed by atoms with Gasteiger partial charge in [-0.3, -0.25) is 4.79 Å². The van der Waals surface area contributed by atoms with Crippen LogP contribution in [0.2, 0.25) is 0 Å². The van der Waals surface area contributed by atoms with E-state index in [9.17, 15) is 4.79 Å². The molecule has 0 atom stereocenters. The van der Waals surface area contributed by atoms with Gasteiger partial charge in [-0.1, -0.05) is 5.16 Å². The Morgan fingerprint density at radius 1 is 1.21 bits per heavy atom. The number of aromatic nitrogens is 1. The van der Waals surface area contributed by atoms with Gasteiger partial charge >= 0.3 is 0 Å². The Labute approximate surface area is 111 Å². The molecule has 0 bridgehead atoms. The van der Waals surface area contributed by atoms with Gasteiger partial charge in [-0.2, -0.15) is 0 Å². The van der Waals surface area contributed by atoms with Crippen LogP contribution in [0.5, 0.6) is 11.5 Å². The number of aldehydes is 1. The molecule has 0 saturated heterocycles. The second-order valence-corrected chi connectivity index (χ2v) is 3.76. The Morgan fingerprint density at radius 3 is 2.63 bits per heavy atom. The van der Waals surface area contributed by atoms with Crippen LogP contribution in [-0.4, -0.2) is 24.7 Å². The molecule has 0 amide bonds. The topological polar surface area (TPSA) is 61.6 Å². The maximum Gasteiger partial charge on any atom is 0.161 e. The van der Waals surface area contributed by atoms with Crippen LogP contribution in [0, 0.1) is 0 Å². The summed E-state index contributed by atoms with van der Waals surface area (Å²) in [5.74, 6) is 1.30. The van der Waals surface area contributed by atoms with Gasteiger partial charge in [0.15, 0.2) is 17.8 Å². The first kappa shape index (κ1) is 13.1. The van der Waals surface area contributed by atoms with Crippen LogP contribution in [0.1, 0.15) is 24.2 Å². The van der Waals surface area contributed by atoms with Crippen molar-refractivity contribution in [3.8, 4) is 22.8 Å². The number of hydrogen-bond donors (Lipinski definition) is 0. The average Bonchev–Trinajstić information content (AvgIpc) is 2.89. The quantitative estimate of drug-likeness (QED) is 0.748. The molecule has 1 aromatic carbocycles. The predicted octanol–water partition coefficient (Wildman–Crippen LogP) is 2.95. The molecule has 0 spiro atoms. The van der Waals surface area contributed by atoms with E-state index in [1.807, 2.05) is 19.9 Å². The van der Waals surface area contributed by atoms with Crippen LogP contribution in [0.25, 0.3) is 11.3 Å². The summed E-state index contributed by atoms with van der Waals surface area (Å²) in [4.78, 5) is 10.9. The van der Waals surface area contributed by atoms with E-state index in [4.69, 9.17) is 14.0 Å². The lowest BCUT2D eigenvalue weighted by Gasteiger charge is -2.11. The molecule has 1 aromatic heterocycles. The minimum absolute atomic E-state index is 0.409. The van der Waals surface area contributed by atoms with E-state index in [1.54, 1.807) is 12.1 Å². The van der Waals surface area contributed by atoms with Crippen molar-refractivity contribution < 1.29 is 18.8 Å². The zero-order valence-electron chi connectivity index (χ0n) is 10.9. The molecule has 0 saturated carbocycles. The zero-order chi connectivity index (χ0) is 13.7. The van der Waals surface area contributed by atoms with Gasteiger partial charge in [0, 0.05) is 5.56 Å². The summed E-state index contributed by atoms with van der Waals surface area (Å²) in [6.45, 7) is 4.90. The molecular formula is C14H15NO4. The summed E-state index contributed by atoms with van der Waals surface area (Å²) in [7, 11) is 0. The number of ether oxygens (including phenoxy) is 2. The van der Waals surface area contributed by atoms with E-state index >= 15 is 0 Å². The molecule has 0 aliphatic carbocycles. The van der Waals surface area contributed by atoms with E-state index in [0.29, 0.717) is 42.3 Å². The van der Waals surface area contributed by atoms with E-state index in [1.165, 1.54) is 6.26 Å². The first-order valence-electron chi connectivity index (χ1n) is 6.09. The Morgan fingerprint density at radius 2 is 1.95 bits per heavy atom. The summed E-state index contributed by atoms with van der Waals surface area (Å²) in [5.41, 5.74) is 1.66. The van der Waals surface area contributed by atoms with Crippen LogP contribution < -0.4 is 9.47 Å². The predicted molar refractivity (Wildman–Crippen MR) is 69.7 cm³/mol. The molecule has 2 aromatic rings. The van der Waals surface area contributed by atoms with Crippen molar-refractivity contribution in [1.82, 2.24) is 5.16 Å². The number of nitrogens with zero attached hydrogens (tertiary/aromatic N) is 1. The highest BCUT2D eigenvalue weighted by molar-refractivity contribution is 5.85. The van der Waals surface area contributed by atoms with E-state index in [2.05, 4.69) is 5.16 Å². The van der Waals surface area contributed by atoms with Crippen molar-refractivity contribution >= 4 is 6.29 Å². The van der Waals surface area contributed by atoms with Crippen LogP contribution in [0.3, 0.4) is 0 Å². The lowest BCUT2D eigenvalue weighted by atomic mass is 10.1. The smallest absolute Gasteiger partial charge is 0.161 e. The second-order valence-electron chi connectivity index (χ2n) is 3.76. The lowest BCUT2D eigenvalue weighted by Crippen LogP contribution is -1.98. The van der Waals surface area contributed by atoms with Gasteiger partial charge < -0.3 is 14.0 Å². The highest BCUT2D eigenvalue weighted by atomic mass is 16.5. The van der Waals surface area contributed by atoms with Gasteiger partial charge in [-0.25, -0.2) is 0 Å². The molecule has 0 N–H and O–H groups in total. The normalized spacial score (nSPS) is 10.2. The fourth-order valence-electron chi connectivity index (χ4n) is 1.75. The van der Waals surface area contributed by atoms with Crippen LogP contribution in [0.4, 0.5) is 0 Å². The molecule has 5 nitrogen and oxygen atoms in total. The van der Waals surface area contributed by atoms with Gasteiger partial charge in [0.25, 0.3) is 0 Å². The third kappa shape index (κ3) is 2.76. The van der Waals surface area contributed by atoms with E-state index in [-0.39, 0.29) is 0 Å². The number of carbonyl (C=O) groups excluding carboxylic acids is 1. The fourth-order valence-corrected chi connectivity index (χ4v) is 1.75. The standard InChI is InChI=1S/C14H15NO4/c1-3-17-12-6-5-10(7-13(12)18-4-2)14-11(8-16)9-19-15-14/h5-9H,3-4H2,1-2H3. The molecule has 2 rings (SSSR count). The van der Waals surface area contributed by atoms with Gasteiger partial charge in [-0.15, -0.1) is 0 Å². The number of rotatable bonds is 6. The van der Waals surface area contributed by atoms with Gasteiger partial charge in [-0.05, 0) is 32.0 Å². The molecular weight excluding hydrogens is 246 g/mol. The summed E-state index contributed by atoms with van der Waals surface area (Å²) in [6.07, 6.45) is 2.03. The van der Waals surface area contributed by atoms with Crippen molar-refractivity contribution in [2.75, 3.05) is 13.2 Å². The highest BCUT2D eigenvalue weighted by Crippen LogP contribution is 2.33. The Hall–Kier alpha value is -2.30.